The third-order valence-electron chi connectivity index (χ3n) is 4.54. The SMILES string of the molecule is N#Cc1cc(Cl)ccc1NC1CCN(S(=O)(=O)N2CCOCC2)CC1. The van der Waals surface area contributed by atoms with E-state index in [-0.39, 0.29) is 6.04 Å². The molecule has 2 saturated heterocycles. The highest BCUT2D eigenvalue weighted by Gasteiger charge is 2.33. The van der Waals surface area contributed by atoms with E-state index >= 15 is 0 Å². The lowest BCUT2D eigenvalue weighted by atomic mass is 10.1. The molecule has 2 fully saturated rings. The number of ether oxygens (including phenoxy) is 1. The Hall–Kier alpha value is -1.37. The smallest absolute Gasteiger partial charge is 0.282 e. The standard InChI is InChI=1S/C16H21ClN4O3S/c17-14-1-2-16(13(11-14)12-18)19-15-3-5-20(6-4-15)25(22,23)21-7-9-24-10-8-21/h1-2,11,15,19H,3-10H2. The molecule has 7 nitrogen and oxygen atoms in total. The number of piperidine rings is 1. The van der Waals surface area contributed by atoms with Crippen molar-refractivity contribution < 1.29 is 13.2 Å². The summed E-state index contributed by atoms with van der Waals surface area (Å²) >= 11 is 5.92. The van der Waals surface area contributed by atoms with Gasteiger partial charge < -0.3 is 10.1 Å². The van der Waals surface area contributed by atoms with Crippen molar-refractivity contribution in [1.29, 1.82) is 5.26 Å². The molecule has 0 bridgehead atoms. The number of anilines is 1. The molecule has 0 radical (unpaired) electrons. The summed E-state index contributed by atoms with van der Waals surface area (Å²) in [5.74, 6) is 0. The molecule has 3 rings (SSSR count). The fourth-order valence-corrected chi connectivity index (χ4v) is 4.91. The summed E-state index contributed by atoms with van der Waals surface area (Å²) in [5, 5.41) is 13.1. The Labute approximate surface area is 153 Å². The number of nitrogens with one attached hydrogen (secondary N) is 1. The van der Waals surface area contributed by atoms with E-state index in [0.29, 0.717) is 62.8 Å². The van der Waals surface area contributed by atoms with Gasteiger partial charge in [-0.15, -0.1) is 0 Å². The van der Waals surface area contributed by atoms with Crippen molar-refractivity contribution in [3.63, 3.8) is 0 Å². The second-order valence-electron chi connectivity index (χ2n) is 6.14. The van der Waals surface area contributed by atoms with Crippen molar-refractivity contribution in [2.45, 2.75) is 18.9 Å². The number of benzene rings is 1. The molecule has 2 heterocycles. The van der Waals surface area contributed by atoms with Crippen LogP contribution in [0.15, 0.2) is 18.2 Å². The van der Waals surface area contributed by atoms with E-state index in [4.69, 9.17) is 16.3 Å². The normalized spacial score (nSPS) is 21.0. The molecule has 25 heavy (non-hydrogen) atoms. The molecule has 2 aliphatic rings. The van der Waals surface area contributed by atoms with Gasteiger partial charge in [0.2, 0.25) is 0 Å². The van der Waals surface area contributed by atoms with E-state index < -0.39 is 10.2 Å². The second-order valence-corrected chi connectivity index (χ2v) is 8.50. The lowest BCUT2D eigenvalue weighted by molar-refractivity contribution is 0.0697. The van der Waals surface area contributed by atoms with Crippen molar-refractivity contribution in [1.82, 2.24) is 8.61 Å². The molecule has 1 N–H and O–H groups in total. The average molecular weight is 385 g/mol. The largest absolute Gasteiger partial charge is 0.381 e. The molecule has 0 amide bonds. The van der Waals surface area contributed by atoms with Crippen LogP contribution in [0.4, 0.5) is 5.69 Å². The number of morpholine rings is 1. The number of hydrogen-bond acceptors (Lipinski definition) is 5. The Kier molecular flexibility index (Phi) is 5.81. The number of nitrogens with zero attached hydrogens (tertiary/aromatic N) is 3. The number of rotatable bonds is 4. The van der Waals surface area contributed by atoms with Crippen LogP contribution in [-0.4, -0.2) is 62.5 Å². The Morgan fingerprint density at radius 1 is 1.16 bits per heavy atom. The molecule has 0 spiro atoms. The Balaban J connectivity index is 1.60. The lowest BCUT2D eigenvalue weighted by Crippen LogP contribution is -2.51. The minimum atomic E-state index is -3.41. The van der Waals surface area contributed by atoms with E-state index in [1.165, 1.54) is 4.31 Å². The van der Waals surface area contributed by atoms with Crippen molar-refractivity contribution >= 4 is 27.5 Å². The minimum absolute atomic E-state index is 0.129. The van der Waals surface area contributed by atoms with Crippen molar-refractivity contribution in [3.05, 3.63) is 28.8 Å². The van der Waals surface area contributed by atoms with Crippen LogP contribution in [0.2, 0.25) is 5.02 Å². The first kappa shape index (κ1) is 18.4. The monoisotopic (exact) mass is 384 g/mol. The molecule has 0 atom stereocenters. The predicted octanol–water partition coefficient (Wildman–Crippen LogP) is 1.66. The maximum Gasteiger partial charge on any atom is 0.282 e. The van der Waals surface area contributed by atoms with E-state index in [0.717, 1.165) is 5.69 Å². The van der Waals surface area contributed by atoms with Crippen molar-refractivity contribution in [2.24, 2.45) is 0 Å². The molecule has 0 aromatic heterocycles. The Morgan fingerprint density at radius 3 is 2.44 bits per heavy atom. The summed E-state index contributed by atoms with van der Waals surface area (Å²) in [6, 6.07) is 7.41. The van der Waals surface area contributed by atoms with E-state index in [1.54, 1.807) is 22.5 Å². The number of halogens is 1. The zero-order valence-corrected chi connectivity index (χ0v) is 15.4. The first-order valence-corrected chi connectivity index (χ1v) is 10.1. The van der Waals surface area contributed by atoms with Gasteiger partial charge in [-0.3, -0.25) is 0 Å². The van der Waals surface area contributed by atoms with Crippen LogP contribution in [0.3, 0.4) is 0 Å². The van der Waals surface area contributed by atoms with Crippen LogP contribution >= 0.6 is 11.6 Å². The first-order chi connectivity index (χ1) is 12.0. The highest BCUT2D eigenvalue weighted by molar-refractivity contribution is 7.86. The van der Waals surface area contributed by atoms with Crippen molar-refractivity contribution in [2.75, 3.05) is 44.7 Å². The summed E-state index contributed by atoms with van der Waals surface area (Å²) < 4.78 is 33.6. The van der Waals surface area contributed by atoms with Crippen molar-refractivity contribution in [3.8, 4) is 6.07 Å². The van der Waals surface area contributed by atoms with Crippen LogP contribution in [0.1, 0.15) is 18.4 Å². The predicted molar refractivity (Wildman–Crippen MR) is 95.7 cm³/mol. The van der Waals surface area contributed by atoms with E-state index in [1.807, 2.05) is 0 Å². The topological polar surface area (TPSA) is 85.7 Å². The Morgan fingerprint density at radius 2 is 1.80 bits per heavy atom. The quantitative estimate of drug-likeness (QED) is 0.853. The van der Waals surface area contributed by atoms with Crippen LogP contribution in [0.5, 0.6) is 0 Å². The zero-order chi connectivity index (χ0) is 17.9. The zero-order valence-electron chi connectivity index (χ0n) is 13.8. The van der Waals surface area contributed by atoms with Gasteiger partial charge >= 0.3 is 0 Å². The molecule has 0 saturated carbocycles. The van der Waals surface area contributed by atoms with Crippen LogP contribution < -0.4 is 5.32 Å². The average Bonchev–Trinajstić information content (AvgIpc) is 2.64. The molecule has 0 unspecified atom stereocenters. The van der Waals surface area contributed by atoms with E-state index in [2.05, 4.69) is 11.4 Å². The fraction of sp³-hybridized carbons (Fsp3) is 0.562. The van der Waals surface area contributed by atoms with Gasteiger partial charge in [-0.2, -0.15) is 22.3 Å². The summed E-state index contributed by atoms with van der Waals surface area (Å²) in [5.41, 5.74) is 1.23. The Bertz CT molecular complexity index is 751. The minimum Gasteiger partial charge on any atom is -0.381 e. The molecule has 2 aliphatic heterocycles. The maximum absolute atomic E-state index is 12.7. The molecule has 9 heteroatoms. The molecular weight excluding hydrogens is 364 g/mol. The maximum atomic E-state index is 12.7. The highest BCUT2D eigenvalue weighted by atomic mass is 35.5. The van der Waals surface area contributed by atoms with Gasteiger partial charge in [-0.25, -0.2) is 0 Å². The molecule has 1 aromatic carbocycles. The van der Waals surface area contributed by atoms with Gasteiger partial charge in [0.05, 0.1) is 24.5 Å². The van der Waals surface area contributed by atoms with Crippen LogP contribution in [0.25, 0.3) is 0 Å². The molecular formula is C16H21ClN4O3S. The van der Waals surface area contributed by atoms with Gasteiger partial charge in [-0.05, 0) is 31.0 Å². The van der Waals surface area contributed by atoms with Gasteiger partial charge in [0, 0.05) is 37.2 Å². The summed E-state index contributed by atoms with van der Waals surface area (Å²) in [6.45, 7) is 2.66. The molecule has 136 valence electrons. The third kappa shape index (κ3) is 4.25. The van der Waals surface area contributed by atoms with Crippen LogP contribution in [0, 0.1) is 11.3 Å². The number of hydrogen-bond donors (Lipinski definition) is 1. The fourth-order valence-electron chi connectivity index (χ4n) is 3.13. The molecule has 1 aromatic rings. The van der Waals surface area contributed by atoms with Crippen LogP contribution in [-0.2, 0) is 14.9 Å². The second kappa shape index (κ2) is 7.89. The summed E-state index contributed by atoms with van der Waals surface area (Å²) in [6.07, 6.45) is 1.38. The van der Waals surface area contributed by atoms with Gasteiger partial charge in [0.1, 0.15) is 6.07 Å². The summed E-state index contributed by atoms with van der Waals surface area (Å²) in [7, 11) is -3.41. The summed E-state index contributed by atoms with van der Waals surface area (Å²) in [4.78, 5) is 0. The first-order valence-electron chi connectivity index (χ1n) is 8.30. The number of nitriles is 1. The van der Waals surface area contributed by atoms with E-state index in [9.17, 15) is 13.7 Å². The highest BCUT2D eigenvalue weighted by Crippen LogP contribution is 2.24. The van der Waals surface area contributed by atoms with Gasteiger partial charge in [0.25, 0.3) is 10.2 Å². The third-order valence-corrected chi connectivity index (χ3v) is 6.81. The lowest BCUT2D eigenvalue weighted by Gasteiger charge is -2.36. The van der Waals surface area contributed by atoms with Gasteiger partial charge in [-0.1, -0.05) is 11.6 Å². The molecule has 0 aliphatic carbocycles. The van der Waals surface area contributed by atoms with Gasteiger partial charge in [0.15, 0.2) is 0 Å².